The molecule has 1 aromatic heterocycles. The van der Waals surface area contributed by atoms with Crippen molar-refractivity contribution in [3.63, 3.8) is 0 Å². The molecule has 1 saturated carbocycles. The highest BCUT2D eigenvalue weighted by molar-refractivity contribution is 7.81. The molecule has 0 bridgehead atoms. The van der Waals surface area contributed by atoms with Gasteiger partial charge in [-0.25, -0.2) is 4.98 Å². The van der Waals surface area contributed by atoms with Gasteiger partial charge in [0.2, 0.25) is 0 Å². The van der Waals surface area contributed by atoms with Crippen LogP contribution < -0.4 is 10.2 Å². The Bertz CT molecular complexity index is 506. The number of thiol groups is 1. The molecule has 1 aromatic rings. The number of hydrogen-bond acceptors (Lipinski definition) is 4. The van der Waals surface area contributed by atoms with Gasteiger partial charge in [-0.1, -0.05) is 13.3 Å². The van der Waals surface area contributed by atoms with E-state index in [1.54, 1.807) is 0 Å². The van der Waals surface area contributed by atoms with Crippen LogP contribution >= 0.6 is 12.6 Å². The normalized spacial score (nSPS) is 23.9. The van der Waals surface area contributed by atoms with Crippen LogP contribution in [0, 0.1) is 0 Å². The number of nitrogens with zero attached hydrogens (tertiary/aromatic N) is 3. The van der Waals surface area contributed by atoms with Gasteiger partial charge >= 0.3 is 0 Å². The third-order valence-electron chi connectivity index (χ3n) is 3.81. The van der Waals surface area contributed by atoms with Crippen LogP contribution in [0.2, 0.25) is 0 Å². The van der Waals surface area contributed by atoms with Crippen molar-refractivity contribution in [1.29, 1.82) is 0 Å². The summed E-state index contributed by atoms with van der Waals surface area (Å²) in [5.74, 6) is 3.65. The Morgan fingerprint density at radius 2 is 2.20 bits per heavy atom. The van der Waals surface area contributed by atoms with Crippen molar-refractivity contribution >= 4 is 24.3 Å². The highest BCUT2D eigenvalue weighted by atomic mass is 32.1. The molecule has 2 N–H and O–H groups in total. The average molecular weight is 293 g/mol. The summed E-state index contributed by atoms with van der Waals surface area (Å²) in [5, 5.41) is 3.37. The standard InChI is InChI=1S/C14H23N5S/c1-3-5-8-19-13-10(12(15-4-2)18-14(19)20)16-11(17-13)9-6-7-9/h9,14,20H,3-8H2,1-2H3,(H,15,18)(H,16,17). The van der Waals surface area contributed by atoms with Gasteiger partial charge in [-0.2, -0.15) is 0 Å². The third kappa shape index (κ3) is 2.53. The molecule has 1 fully saturated rings. The van der Waals surface area contributed by atoms with Crippen LogP contribution in [0.25, 0.3) is 0 Å². The van der Waals surface area contributed by atoms with E-state index in [0.29, 0.717) is 5.92 Å². The third-order valence-corrected chi connectivity index (χ3v) is 4.21. The van der Waals surface area contributed by atoms with E-state index in [1.807, 2.05) is 6.92 Å². The molecule has 6 heteroatoms. The molecular weight excluding hydrogens is 270 g/mol. The van der Waals surface area contributed by atoms with E-state index in [1.165, 1.54) is 19.3 Å². The second-order valence-corrected chi connectivity index (χ2v) is 5.97. The number of rotatable bonds is 5. The Morgan fingerprint density at radius 3 is 2.85 bits per heavy atom. The summed E-state index contributed by atoms with van der Waals surface area (Å²) in [6.45, 7) is 5.98. The van der Waals surface area contributed by atoms with Crippen LogP contribution in [0.5, 0.6) is 0 Å². The number of unbranched alkanes of at least 4 members (excludes halogenated alkanes) is 1. The van der Waals surface area contributed by atoms with Crippen LogP contribution in [-0.4, -0.2) is 34.4 Å². The maximum Gasteiger partial charge on any atom is 0.160 e. The number of anilines is 1. The molecule has 3 rings (SSSR count). The number of fused-ring (bicyclic) bond motifs is 1. The molecule has 0 amide bonds. The van der Waals surface area contributed by atoms with Gasteiger partial charge in [0.1, 0.15) is 17.0 Å². The van der Waals surface area contributed by atoms with Crippen molar-refractivity contribution in [2.45, 2.75) is 50.9 Å². The molecule has 1 unspecified atom stereocenters. The maximum atomic E-state index is 4.83. The van der Waals surface area contributed by atoms with Crippen LogP contribution in [-0.2, 0) is 0 Å². The van der Waals surface area contributed by atoms with Crippen LogP contribution in [0.15, 0.2) is 4.99 Å². The minimum atomic E-state index is -0.0466. The summed E-state index contributed by atoms with van der Waals surface area (Å²) in [6, 6.07) is 0. The number of aromatic nitrogens is 2. The molecule has 20 heavy (non-hydrogen) atoms. The van der Waals surface area contributed by atoms with Crippen molar-refractivity contribution in [3.05, 3.63) is 11.5 Å². The summed E-state index contributed by atoms with van der Waals surface area (Å²) in [7, 11) is 0. The van der Waals surface area contributed by atoms with E-state index in [0.717, 1.165) is 42.7 Å². The van der Waals surface area contributed by atoms with Crippen LogP contribution in [0.4, 0.5) is 5.82 Å². The SMILES string of the molecule is CCCCN1c2nc(C3CC3)[nH]c2C(=NCC)NC1S. The van der Waals surface area contributed by atoms with E-state index < -0.39 is 0 Å². The number of hydrogen-bond donors (Lipinski definition) is 3. The summed E-state index contributed by atoms with van der Waals surface area (Å²) in [6.07, 6.45) is 4.81. The average Bonchev–Trinajstić information content (AvgIpc) is 3.18. The van der Waals surface area contributed by atoms with Crippen molar-refractivity contribution in [1.82, 2.24) is 15.3 Å². The fourth-order valence-electron chi connectivity index (χ4n) is 2.53. The fraction of sp³-hybridized carbons (Fsp3) is 0.714. The van der Waals surface area contributed by atoms with E-state index in [9.17, 15) is 0 Å². The second-order valence-electron chi connectivity index (χ2n) is 5.48. The monoisotopic (exact) mass is 293 g/mol. The largest absolute Gasteiger partial charge is 0.340 e. The molecule has 0 aromatic carbocycles. The van der Waals surface area contributed by atoms with Gasteiger partial charge in [-0.15, -0.1) is 12.6 Å². The lowest BCUT2D eigenvalue weighted by atomic mass is 10.2. The molecule has 0 saturated heterocycles. The van der Waals surface area contributed by atoms with Gasteiger partial charge in [0.05, 0.1) is 0 Å². The first-order valence-corrected chi connectivity index (χ1v) is 8.12. The van der Waals surface area contributed by atoms with Gasteiger partial charge in [-0.05, 0) is 26.2 Å². The maximum absolute atomic E-state index is 4.83. The molecule has 5 nitrogen and oxygen atoms in total. The molecule has 0 spiro atoms. The zero-order valence-corrected chi connectivity index (χ0v) is 13.1. The lowest BCUT2D eigenvalue weighted by Gasteiger charge is -2.34. The zero-order chi connectivity index (χ0) is 14.1. The Hall–Kier alpha value is -1.17. The summed E-state index contributed by atoms with van der Waals surface area (Å²) >= 11 is 4.66. The van der Waals surface area contributed by atoms with Gasteiger partial charge < -0.3 is 15.2 Å². The Morgan fingerprint density at radius 1 is 1.40 bits per heavy atom. The first-order chi connectivity index (χ1) is 9.74. The van der Waals surface area contributed by atoms with Crippen LogP contribution in [0.3, 0.4) is 0 Å². The number of imidazole rings is 1. The highest BCUT2D eigenvalue weighted by Crippen LogP contribution is 2.40. The smallest absolute Gasteiger partial charge is 0.160 e. The summed E-state index contributed by atoms with van der Waals surface area (Å²) in [4.78, 5) is 15.1. The second kappa shape index (κ2) is 5.68. The predicted molar refractivity (Wildman–Crippen MR) is 85.8 cm³/mol. The zero-order valence-electron chi connectivity index (χ0n) is 12.2. The van der Waals surface area contributed by atoms with Gasteiger partial charge in [0.15, 0.2) is 11.7 Å². The molecular formula is C14H23N5S. The van der Waals surface area contributed by atoms with Crippen molar-refractivity contribution < 1.29 is 0 Å². The van der Waals surface area contributed by atoms with Crippen molar-refractivity contribution in [2.75, 3.05) is 18.0 Å². The molecule has 1 atom stereocenters. The topological polar surface area (TPSA) is 56.3 Å². The number of aliphatic imine (C=N–C) groups is 1. The molecule has 110 valence electrons. The minimum Gasteiger partial charge on any atom is -0.340 e. The number of amidine groups is 1. The van der Waals surface area contributed by atoms with Crippen molar-refractivity contribution in [2.24, 2.45) is 4.99 Å². The van der Waals surface area contributed by atoms with E-state index in [-0.39, 0.29) is 5.50 Å². The Labute approximate surface area is 125 Å². The first kappa shape index (κ1) is 13.8. The Kier molecular flexibility index (Phi) is 3.92. The number of aromatic amines is 1. The highest BCUT2D eigenvalue weighted by Gasteiger charge is 2.34. The molecule has 1 aliphatic carbocycles. The van der Waals surface area contributed by atoms with Crippen LogP contribution in [0.1, 0.15) is 57.0 Å². The predicted octanol–water partition coefficient (Wildman–Crippen LogP) is 2.48. The quantitative estimate of drug-likeness (QED) is 0.731. The first-order valence-electron chi connectivity index (χ1n) is 7.60. The van der Waals surface area contributed by atoms with E-state index in [2.05, 4.69) is 39.7 Å². The number of H-pyrrole nitrogens is 1. The molecule has 2 aliphatic rings. The fourth-order valence-corrected chi connectivity index (χ4v) is 2.88. The lowest BCUT2D eigenvalue weighted by molar-refractivity contribution is 0.653. The summed E-state index contributed by atoms with van der Waals surface area (Å²) in [5.41, 5.74) is 0.991. The van der Waals surface area contributed by atoms with E-state index in [4.69, 9.17) is 4.98 Å². The molecule has 2 heterocycles. The number of nitrogens with one attached hydrogen (secondary N) is 2. The van der Waals surface area contributed by atoms with Gasteiger partial charge in [-0.3, -0.25) is 4.99 Å². The molecule has 1 aliphatic heterocycles. The van der Waals surface area contributed by atoms with Gasteiger partial charge in [0.25, 0.3) is 0 Å². The van der Waals surface area contributed by atoms with E-state index >= 15 is 0 Å². The lowest BCUT2D eigenvalue weighted by Crippen LogP contribution is -2.50. The van der Waals surface area contributed by atoms with Crippen molar-refractivity contribution in [3.8, 4) is 0 Å². The van der Waals surface area contributed by atoms with Gasteiger partial charge in [0, 0.05) is 19.0 Å². The minimum absolute atomic E-state index is 0.0466. The molecule has 0 radical (unpaired) electrons. The Balaban J connectivity index is 1.95. The summed E-state index contributed by atoms with van der Waals surface area (Å²) < 4.78 is 0.